The Morgan fingerprint density at radius 3 is 2.64 bits per heavy atom. The second-order valence-corrected chi connectivity index (χ2v) is 5.48. The van der Waals surface area contributed by atoms with Gasteiger partial charge in [-0.3, -0.25) is 9.89 Å². The summed E-state index contributed by atoms with van der Waals surface area (Å²) in [6.45, 7) is 6.04. The maximum Gasteiger partial charge on any atom is 0.191 e. The SMILES string of the molecule is CCNC(=NC)NCC(c1ccccc1OC)N1CCCC1. The summed E-state index contributed by atoms with van der Waals surface area (Å²) >= 11 is 0. The lowest BCUT2D eigenvalue weighted by molar-refractivity contribution is 0.239. The fraction of sp³-hybridized carbons (Fsp3) is 0.588. The van der Waals surface area contributed by atoms with Gasteiger partial charge in [0.2, 0.25) is 0 Å². The van der Waals surface area contributed by atoms with Crippen LogP contribution in [0.3, 0.4) is 0 Å². The summed E-state index contributed by atoms with van der Waals surface area (Å²) in [7, 11) is 3.55. The molecule has 2 N–H and O–H groups in total. The van der Waals surface area contributed by atoms with E-state index in [1.165, 1.54) is 18.4 Å². The van der Waals surface area contributed by atoms with Gasteiger partial charge in [-0.25, -0.2) is 0 Å². The number of nitrogens with one attached hydrogen (secondary N) is 2. The Balaban J connectivity index is 2.16. The van der Waals surface area contributed by atoms with Crippen LogP contribution in [-0.4, -0.2) is 51.2 Å². The molecule has 5 nitrogen and oxygen atoms in total. The maximum absolute atomic E-state index is 5.57. The van der Waals surface area contributed by atoms with E-state index in [1.54, 1.807) is 14.2 Å². The molecular formula is C17H28N4O. The first-order chi connectivity index (χ1) is 10.8. The second kappa shape index (κ2) is 8.63. The Bertz CT molecular complexity index is 483. The molecule has 2 rings (SSSR count). The zero-order valence-corrected chi connectivity index (χ0v) is 13.9. The van der Waals surface area contributed by atoms with E-state index >= 15 is 0 Å². The van der Waals surface area contributed by atoms with E-state index in [1.807, 2.05) is 12.1 Å². The van der Waals surface area contributed by atoms with Gasteiger partial charge in [-0.15, -0.1) is 0 Å². The number of aliphatic imine (C=N–C) groups is 1. The van der Waals surface area contributed by atoms with Crippen molar-refractivity contribution in [3.63, 3.8) is 0 Å². The molecule has 1 fully saturated rings. The van der Waals surface area contributed by atoms with E-state index in [9.17, 15) is 0 Å². The zero-order valence-electron chi connectivity index (χ0n) is 13.9. The number of rotatable bonds is 6. The number of nitrogens with zero attached hydrogens (tertiary/aromatic N) is 2. The normalized spacial score (nSPS) is 17.3. The molecule has 22 heavy (non-hydrogen) atoms. The van der Waals surface area contributed by atoms with Crippen LogP contribution < -0.4 is 15.4 Å². The summed E-state index contributed by atoms with van der Waals surface area (Å²) in [6, 6.07) is 8.61. The molecule has 1 saturated heterocycles. The van der Waals surface area contributed by atoms with Crippen molar-refractivity contribution in [2.24, 2.45) is 4.99 Å². The lowest BCUT2D eigenvalue weighted by atomic mass is 10.0. The summed E-state index contributed by atoms with van der Waals surface area (Å²) in [6.07, 6.45) is 2.54. The van der Waals surface area contributed by atoms with Gasteiger partial charge in [0.25, 0.3) is 0 Å². The van der Waals surface area contributed by atoms with Crippen LogP contribution in [-0.2, 0) is 0 Å². The molecule has 0 bridgehead atoms. The number of guanidine groups is 1. The number of ether oxygens (including phenoxy) is 1. The van der Waals surface area contributed by atoms with Gasteiger partial charge >= 0.3 is 0 Å². The van der Waals surface area contributed by atoms with Crippen LogP contribution in [0.1, 0.15) is 31.4 Å². The third kappa shape index (κ3) is 4.13. The van der Waals surface area contributed by atoms with Gasteiger partial charge in [0.05, 0.1) is 13.2 Å². The van der Waals surface area contributed by atoms with Gasteiger partial charge in [-0.1, -0.05) is 18.2 Å². The molecular weight excluding hydrogens is 276 g/mol. The van der Waals surface area contributed by atoms with Crippen LogP contribution in [0.2, 0.25) is 0 Å². The maximum atomic E-state index is 5.57. The first-order valence-electron chi connectivity index (χ1n) is 8.11. The van der Waals surface area contributed by atoms with Crippen molar-refractivity contribution in [1.82, 2.24) is 15.5 Å². The molecule has 0 aromatic heterocycles. The number of hydrogen-bond acceptors (Lipinski definition) is 3. The van der Waals surface area contributed by atoms with Crippen molar-refractivity contribution in [3.8, 4) is 5.75 Å². The van der Waals surface area contributed by atoms with Gasteiger partial charge in [0.1, 0.15) is 5.75 Å². The molecule has 0 aliphatic carbocycles. The molecule has 5 heteroatoms. The second-order valence-electron chi connectivity index (χ2n) is 5.48. The number of likely N-dealkylation sites (tertiary alicyclic amines) is 1. The molecule has 1 aromatic rings. The summed E-state index contributed by atoms with van der Waals surface area (Å²) in [4.78, 5) is 6.79. The largest absolute Gasteiger partial charge is 0.496 e. The Morgan fingerprint density at radius 1 is 1.27 bits per heavy atom. The van der Waals surface area contributed by atoms with Crippen LogP contribution in [0.15, 0.2) is 29.3 Å². The van der Waals surface area contributed by atoms with Gasteiger partial charge < -0.3 is 15.4 Å². The first-order valence-corrected chi connectivity index (χ1v) is 8.11. The van der Waals surface area contributed by atoms with E-state index in [2.05, 4.69) is 39.6 Å². The molecule has 122 valence electrons. The van der Waals surface area contributed by atoms with Crippen LogP contribution in [0.25, 0.3) is 0 Å². The minimum atomic E-state index is 0.300. The fourth-order valence-corrected chi connectivity index (χ4v) is 3.01. The van der Waals surface area contributed by atoms with Gasteiger partial charge in [-0.05, 0) is 38.9 Å². The van der Waals surface area contributed by atoms with E-state index in [4.69, 9.17) is 4.74 Å². The predicted molar refractivity (Wildman–Crippen MR) is 91.6 cm³/mol. The van der Waals surface area contributed by atoms with Gasteiger partial charge in [0.15, 0.2) is 5.96 Å². The van der Waals surface area contributed by atoms with Crippen molar-refractivity contribution in [1.29, 1.82) is 0 Å². The summed E-state index contributed by atoms with van der Waals surface area (Å²) in [5.74, 6) is 1.81. The molecule has 1 aliphatic rings. The Hall–Kier alpha value is -1.75. The monoisotopic (exact) mass is 304 g/mol. The molecule has 0 saturated carbocycles. The lowest BCUT2D eigenvalue weighted by Crippen LogP contribution is -2.42. The van der Waals surface area contributed by atoms with Crippen molar-refractivity contribution in [3.05, 3.63) is 29.8 Å². The molecule has 1 unspecified atom stereocenters. The standard InChI is InChI=1S/C17H28N4O/c1-4-19-17(18-2)20-13-15(21-11-7-8-12-21)14-9-5-6-10-16(14)22-3/h5-6,9-10,15H,4,7-8,11-13H2,1-3H3,(H2,18,19,20). The van der Waals surface area contributed by atoms with E-state index in [0.29, 0.717) is 6.04 Å². The zero-order chi connectivity index (χ0) is 15.8. The predicted octanol–water partition coefficient (Wildman–Crippen LogP) is 2.02. The topological polar surface area (TPSA) is 48.9 Å². The molecule has 1 aromatic carbocycles. The van der Waals surface area contributed by atoms with Crippen LogP contribution in [0.4, 0.5) is 0 Å². The minimum absolute atomic E-state index is 0.300. The lowest BCUT2D eigenvalue weighted by Gasteiger charge is -2.29. The van der Waals surface area contributed by atoms with Crippen molar-refractivity contribution >= 4 is 5.96 Å². The average Bonchev–Trinajstić information content (AvgIpc) is 3.08. The third-order valence-corrected chi connectivity index (χ3v) is 4.11. The van der Waals surface area contributed by atoms with Crippen molar-refractivity contribution in [2.45, 2.75) is 25.8 Å². The van der Waals surface area contributed by atoms with E-state index in [-0.39, 0.29) is 0 Å². The number of hydrogen-bond donors (Lipinski definition) is 2. The average molecular weight is 304 g/mol. The highest BCUT2D eigenvalue weighted by Crippen LogP contribution is 2.31. The number of benzene rings is 1. The van der Waals surface area contributed by atoms with Gasteiger partial charge in [0, 0.05) is 25.7 Å². The van der Waals surface area contributed by atoms with Gasteiger partial charge in [-0.2, -0.15) is 0 Å². The van der Waals surface area contributed by atoms with Crippen LogP contribution in [0, 0.1) is 0 Å². The number of para-hydroxylation sites is 1. The quantitative estimate of drug-likeness (QED) is 0.623. The molecule has 0 spiro atoms. The Morgan fingerprint density at radius 2 is 2.00 bits per heavy atom. The highest BCUT2D eigenvalue weighted by Gasteiger charge is 2.25. The van der Waals surface area contributed by atoms with Crippen molar-refractivity contribution < 1.29 is 4.74 Å². The molecule has 1 atom stereocenters. The highest BCUT2D eigenvalue weighted by atomic mass is 16.5. The molecule has 1 aliphatic heterocycles. The first kappa shape index (κ1) is 16.6. The van der Waals surface area contributed by atoms with Crippen LogP contribution in [0.5, 0.6) is 5.75 Å². The smallest absolute Gasteiger partial charge is 0.191 e. The molecule has 0 amide bonds. The van der Waals surface area contributed by atoms with Crippen molar-refractivity contribution in [2.75, 3.05) is 40.3 Å². The van der Waals surface area contributed by atoms with Crippen LogP contribution >= 0.6 is 0 Å². The summed E-state index contributed by atoms with van der Waals surface area (Å²) < 4.78 is 5.57. The highest BCUT2D eigenvalue weighted by molar-refractivity contribution is 5.79. The molecule has 1 heterocycles. The molecule has 0 radical (unpaired) electrons. The Kier molecular flexibility index (Phi) is 6.52. The van der Waals surface area contributed by atoms with E-state index in [0.717, 1.165) is 37.9 Å². The number of methoxy groups -OCH3 is 1. The summed E-state index contributed by atoms with van der Waals surface area (Å²) in [5, 5.41) is 6.69. The summed E-state index contributed by atoms with van der Waals surface area (Å²) in [5.41, 5.74) is 1.24. The van der Waals surface area contributed by atoms with E-state index < -0.39 is 0 Å². The Labute approximate surface area is 133 Å². The third-order valence-electron chi connectivity index (χ3n) is 4.11. The fourth-order valence-electron chi connectivity index (χ4n) is 3.01. The minimum Gasteiger partial charge on any atom is -0.496 e.